The largest absolute Gasteiger partial charge is 0.379 e. The molecular weight excluding hydrogens is 256 g/mol. The van der Waals surface area contributed by atoms with Crippen LogP contribution in [0.1, 0.15) is 36.2 Å². The first-order chi connectivity index (χ1) is 9.74. The van der Waals surface area contributed by atoms with Crippen LogP contribution >= 0.6 is 0 Å². The summed E-state index contributed by atoms with van der Waals surface area (Å²) in [6.45, 7) is 7.25. The monoisotopic (exact) mass is 280 g/mol. The molecule has 0 radical (unpaired) electrons. The summed E-state index contributed by atoms with van der Waals surface area (Å²) in [5.41, 5.74) is 1.72. The van der Waals surface area contributed by atoms with Gasteiger partial charge in [0.1, 0.15) is 0 Å². The number of hydrogen-bond donors (Lipinski definition) is 0. The van der Waals surface area contributed by atoms with Crippen LogP contribution in [-0.2, 0) is 20.8 Å². The summed E-state index contributed by atoms with van der Waals surface area (Å²) < 4.78 is 16.2. The lowest BCUT2D eigenvalue weighted by Crippen LogP contribution is -2.09. The molecule has 0 spiro atoms. The first-order valence-electron chi connectivity index (χ1n) is 7.07. The smallest absolute Gasteiger partial charge is 0.159 e. The molecule has 4 heteroatoms. The topological polar surface area (TPSA) is 44.8 Å². The number of carbonyl (C=O) groups is 1. The van der Waals surface area contributed by atoms with Gasteiger partial charge in [-0.2, -0.15) is 0 Å². The van der Waals surface area contributed by atoms with E-state index in [1.54, 1.807) is 6.92 Å². The molecule has 4 nitrogen and oxygen atoms in total. The number of hydrogen-bond acceptors (Lipinski definition) is 4. The molecule has 1 rings (SSSR count). The van der Waals surface area contributed by atoms with Crippen LogP contribution in [0.3, 0.4) is 0 Å². The second kappa shape index (κ2) is 10.5. The number of rotatable bonds is 11. The third-order valence-electron chi connectivity index (χ3n) is 2.69. The molecule has 0 aliphatic heterocycles. The Morgan fingerprint density at radius 2 is 1.65 bits per heavy atom. The van der Waals surface area contributed by atoms with Gasteiger partial charge in [0.05, 0.1) is 33.0 Å². The zero-order valence-electron chi connectivity index (χ0n) is 12.4. The Bertz CT molecular complexity index is 390. The molecular formula is C16H24O4. The van der Waals surface area contributed by atoms with Crippen LogP contribution < -0.4 is 0 Å². The van der Waals surface area contributed by atoms with Crippen molar-refractivity contribution in [2.24, 2.45) is 0 Å². The first-order valence-corrected chi connectivity index (χ1v) is 7.07. The van der Waals surface area contributed by atoms with Crippen molar-refractivity contribution in [2.75, 3.05) is 33.0 Å². The number of benzene rings is 1. The zero-order valence-corrected chi connectivity index (χ0v) is 12.4. The molecule has 0 amide bonds. The molecule has 112 valence electrons. The van der Waals surface area contributed by atoms with Gasteiger partial charge in [-0.3, -0.25) is 4.79 Å². The van der Waals surface area contributed by atoms with Crippen molar-refractivity contribution in [2.45, 2.75) is 26.9 Å². The third-order valence-corrected chi connectivity index (χ3v) is 2.69. The highest BCUT2D eigenvalue weighted by atomic mass is 16.5. The fourth-order valence-electron chi connectivity index (χ4n) is 1.65. The Balaban J connectivity index is 2.06. The summed E-state index contributed by atoms with van der Waals surface area (Å²) in [7, 11) is 0. The second-order valence-corrected chi connectivity index (χ2v) is 4.53. The van der Waals surface area contributed by atoms with Gasteiger partial charge in [-0.1, -0.05) is 25.1 Å². The standard InChI is InChI=1S/C16H24O4/c1-3-7-18-8-9-19-10-11-20-13-15-5-4-6-16(12-15)14(2)17/h4-6,12H,3,7-11,13H2,1-2H3. The van der Waals surface area contributed by atoms with Gasteiger partial charge in [-0.15, -0.1) is 0 Å². The van der Waals surface area contributed by atoms with Crippen LogP contribution in [0, 0.1) is 0 Å². The van der Waals surface area contributed by atoms with Crippen molar-refractivity contribution in [1.82, 2.24) is 0 Å². The Hall–Kier alpha value is -1.23. The van der Waals surface area contributed by atoms with E-state index in [1.165, 1.54) is 0 Å². The Morgan fingerprint density at radius 3 is 2.30 bits per heavy atom. The van der Waals surface area contributed by atoms with E-state index >= 15 is 0 Å². The minimum absolute atomic E-state index is 0.0715. The average molecular weight is 280 g/mol. The van der Waals surface area contributed by atoms with E-state index < -0.39 is 0 Å². The van der Waals surface area contributed by atoms with E-state index in [4.69, 9.17) is 14.2 Å². The van der Waals surface area contributed by atoms with Gasteiger partial charge >= 0.3 is 0 Å². The highest BCUT2D eigenvalue weighted by molar-refractivity contribution is 5.94. The fraction of sp³-hybridized carbons (Fsp3) is 0.562. The van der Waals surface area contributed by atoms with Crippen LogP contribution in [0.15, 0.2) is 24.3 Å². The third kappa shape index (κ3) is 7.38. The van der Waals surface area contributed by atoms with Gasteiger partial charge in [-0.05, 0) is 25.0 Å². The lowest BCUT2D eigenvalue weighted by atomic mass is 10.1. The van der Waals surface area contributed by atoms with E-state index in [1.807, 2.05) is 24.3 Å². The maximum absolute atomic E-state index is 11.2. The molecule has 0 aliphatic rings. The molecule has 0 aliphatic carbocycles. The average Bonchev–Trinajstić information content (AvgIpc) is 2.46. The summed E-state index contributed by atoms with van der Waals surface area (Å²) in [5.74, 6) is 0.0715. The van der Waals surface area contributed by atoms with Crippen molar-refractivity contribution in [3.05, 3.63) is 35.4 Å². The van der Waals surface area contributed by atoms with Crippen molar-refractivity contribution in [1.29, 1.82) is 0 Å². The molecule has 0 saturated carbocycles. The van der Waals surface area contributed by atoms with Gasteiger partial charge in [0.25, 0.3) is 0 Å². The summed E-state index contributed by atoms with van der Waals surface area (Å²) in [6, 6.07) is 7.50. The molecule has 0 fully saturated rings. The van der Waals surface area contributed by atoms with E-state index in [2.05, 4.69) is 6.92 Å². The lowest BCUT2D eigenvalue weighted by Gasteiger charge is -2.07. The van der Waals surface area contributed by atoms with E-state index in [0.29, 0.717) is 33.0 Å². The summed E-state index contributed by atoms with van der Waals surface area (Å²) >= 11 is 0. The molecule has 0 N–H and O–H groups in total. The summed E-state index contributed by atoms with van der Waals surface area (Å²) in [4.78, 5) is 11.2. The maximum atomic E-state index is 11.2. The highest BCUT2D eigenvalue weighted by Gasteiger charge is 2.00. The van der Waals surface area contributed by atoms with Gasteiger partial charge in [0, 0.05) is 12.2 Å². The lowest BCUT2D eigenvalue weighted by molar-refractivity contribution is 0.0107. The van der Waals surface area contributed by atoms with Crippen molar-refractivity contribution < 1.29 is 19.0 Å². The Kier molecular flexibility index (Phi) is 8.87. The highest BCUT2D eigenvalue weighted by Crippen LogP contribution is 2.07. The fourth-order valence-corrected chi connectivity index (χ4v) is 1.65. The predicted octanol–water partition coefficient (Wildman–Crippen LogP) is 2.85. The van der Waals surface area contributed by atoms with Crippen molar-refractivity contribution in [3.63, 3.8) is 0 Å². The molecule has 0 heterocycles. The van der Waals surface area contributed by atoms with Crippen LogP contribution in [-0.4, -0.2) is 38.8 Å². The van der Waals surface area contributed by atoms with Crippen molar-refractivity contribution in [3.8, 4) is 0 Å². The van der Waals surface area contributed by atoms with Gasteiger partial charge < -0.3 is 14.2 Å². The van der Waals surface area contributed by atoms with E-state index in [9.17, 15) is 4.79 Å². The van der Waals surface area contributed by atoms with E-state index in [0.717, 1.165) is 24.2 Å². The van der Waals surface area contributed by atoms with E-state index in [-0.39, 0.29) is 5.78 Å². The van der Waals surface area contributed by atoms with Crippen LogP contribution in [0.25, 0.3) is 0 Å². The quantitative estimate of drug-likeness (QED) is 0.462. The normalized spacial score (nSPS) is 10.7. The molecule has 1 aromatic rings. The molecule has 0 unspecified atom stereocenters. The summed E-state index contributed by atoms with van der Waals surface area (Å²) in [6.07, 6.45) is 1.03. The van der Waals surface area contributed by atoms with Crippen molar-refractivity contribution >= 4 is 5.78 Å². The van der Waals surface area contributed by atoms with Crippen LogP contribution in [0.2, 0.25) is 0 Å². The zero-order chi connectivity index (χ0) is 14.6. The minimum atomic E-state index is 0.0715. The molecule has 20 heavy (non-hydrogen) atoms. The number of ketones is 1. The Morgan fingerprint density at radius 1 is 1.00 bits per heavy atom. The SMILES string of the molecule is CCCOCCOCCOCc1cccc(C(C)=O)c1. The molecule has 0 saturated heterocycles. The number of carbonyl (C=O) groups excluding carboxylic acids is 1. The minimum Gasteiger partial charge on any atom is -0.379 e. The van der Waals surface area contributed by atoms with Gasteiger partial charge in [-0.25, -0.2) is 0 Å². The molecule has 1 aromatic carbocycles. The molecule has 0 aromatic heterocycles. The van der Waals surface area contributed by atoms with Gasteiger partial charge in [0.15, 0.2) is 5.78 Å². The summed E-state index contributed by atoms with van der Waals surface area (Å²) in [5, 5.41) is 0. The van der Waals surface area contributed by atoms with Crippen LogP contribution in [0.5, 0.6) is 0 Å². The molecule has 0 atom stereocenters. The number of Topliss-reactive ketones (excluding diaryl/α,β-unsaturated/α-hetero) is 1. The van der Waals surface area contributed by atoms with Crippen LogP contribution in [0.4, 0.5) is 0 Å². The maximum Gasteiger partial charge on any atom is 0.159 e. The number of ether oxygens (including phenoxy) is 3. The molecule has 0 bridgehead atoms. The van der Waals surface area contributed by atoms with Gasteiger partial charge in [0.2, 0.25) is 0 Å². The predicted molar refractivity (Wildman–Crippen MR) is 78.0 cm³/mol. The first kappa shape index (κ1) is 16.8. The Labute approximate surface area is 121 Å². The second-order valence-electron chi connectivity index (χ2n) is 4.53.